The maximum atomic E-state index is 12.5. The third kappa shape index (κ3) is 4.86. The standard InChI is InChI=1S/C27H33N5O/c1-17-8-9-19(26(33)29-21-11-12-21)15-22(17)18-10-13-23-20(14-18)16-28-27(30-23)31-24-6-4-5-7-25(24)32(2)3/h8-10,13-16,21,24-25H,4-7,11-12H2,1-3H3,(H,29,33)(H,28,30,31)/t24?,25-/m0/s1. The third-order valence-corrected chi connectivity index (χ3v) is 7.01. The van der Waals surface area contributed by atoms with Gasteiger partial charge in [0.05, 0.1) is 5.52 Å². The summed E-state index contributed by atoms with van der Waals surface area (Å²) in [5, 5.41) is 7.67. The smallest absolute Gasteiger partial charge is 0.251 e. The highest BCUT2D eigenvalue weighted by atomic mass is 16.1. The van der Waals surface area contributed by atoms with E-state index < -0.39 is 0 Å². The van der Waals surface area contributed by atoms with Crippen molar-refractivity contribution in [2.45, 2.75) is 63.6 Å². The number of aryl methyl sites for hydroxylation is 1. The van der Waals surface area contributed by atoms with Crippen molar-refractivity contribution in [1.82, 2.24) is 20.2 Å². The molecule has 0 spiro atoms. The number of carbonyl (C=O) groups excluding carboxylic acids is 1. The molecule has 1 aromatic heterocycles. The quantitative estimate of drug-likeness (QED) is 0.574. The molecule has 0 saturated heterocycles. The zero-order valence-corrected chi connectivity index (χ0v) is 19.8. The number of nitrogens with one attached hydrogen (secondary N) is 2. The fourth-order valence-electron chi connectivity index (χ4n) is 4.90. The number of anilines is 1. The molecule has 2 saturated carbocycles. The van der Waals surface area contributed by atoms with E-state index in [2.05, 4.69) is 59.7 Å². The van der Waals surface area contributed by atoms with Crippen LogP contribution < -0.4 is 10.6 Å². The van der Waals surface area contributed by atoms with E-state index in [4.69, 9.17) is 4.98 Å². The molecule has 172 valence electrons. The normalized spacial score (nSPS) is 20.7. The molecule has 2 aromatic carbocycles. The summed E-state index contributed by atoms with van der Waals surface area (Å²) in [5.41, 5.74) is 4.92. The maximum Gasteiger partial charge on any atom is 0.251 e. The van der Waals surface area contributed by atoms with Gasteiger partial charge in [0.2, 0.25) is 5.95 Å². The third-order valence-electron chi connectivity index (χ3n) is 7.01. The van der Waals surface area contributed by atoms with Crippen LogP contribution in [0.5, 0.6) is 0 Å². The van der Waals surface area contributed by atoms with Gasteiger partial charge in [-0.05, 0) is 87.7 Å². The van der Waals surface area contributed by atoms with E-state index in [-0.39, 0.29) is 5.91 Å². The van der Waals surface area contributed by atoms with E-state index in [0.29, 0.717) is 29.6 Å². The van der Waals surface area contributed by atoms with Crippen LogP contribution in [0.3, 0.4) is 0 Å². The van der Waals surface area contributed by atoms with Crippen molar-refractivity contribution in [3.8, 4) is 11.1 Å². The summed E-state index contributed by atoms with van der Waals surface area (Å²) in [7, 11) is 4.31. The molecule has 2 atom stereocenters. The van der Waals surface area contributed by atoms with Crippen molar-refractivity contribution in [2.24, 2.45) is 0 Å². The largest absolute Gasteiger partial charge is 0.350 e. The summed E-state index contributed by atoms with van der Waals surface area (Å²) in [6.07, 6.45) is 8.96. The molecule has 1 heterocycles. The van der Waals surface area contributed by atoms with Crippen LogP contribution in [0.1, 0.15) is 54.4 Å². The van der Waals surface area contributed by atoms with Gasteiger partial charge >= 0.3 is 0 Å². The molecule has 3 aromatic rings. The minimum Gasteiger partial charge on any atom is -0.350 e. The Labute approximate surface area is 195 Å². The fourth-order valence-corrected chi connectivity index (χ4v) is 4.90. The number of benzene rings is 2. The highest BCUT2D eigenvalue weighted by molar-refractivity contribution is 5.96. The van der Waals surface area contributed by atoms with E-state index in [1.807, 2.05) is 24.4 Å². The molecular formula is C27H33N5O. The lowest BCUT2D eigenvalue weighted by Crippen LogP contribution is -2.45. The average Bonchev–Trinajstić information content (AvgIpc) is 3.63. The minimum absolute atomic E-state index is 0.0114. The van der Waals surface area contributed by atoms with Crippen molar-refractivity contribution in [3.05, 3.63) is 53.7 Å². The number of hydrogen-bond donors (Lipinski definition) is 2. The van der Waals surface area contributed by atoms with Gasteiger partial charge in [0.15, 0.2) is 0 Å². The second kappa shape index (κ2) is 9.10. The first-order valence-corrected chi connectivity index (χ1v) is 12.1. The summed E-state index contributed by atoms with van der Waals surface area (Å²) in [6, 6.07) is 13.4. The molecule has 0 aliphatic heterocycles. The second-order valence-electron chi connectivity index (χ2n) is 9.81. The highest BCUT2D eigenvalue weighted by Crippen LogP contribution is 2.29. The number of fused-ring (bicyclic) bond motifs is 1. The molecule has 6 heteroatoms. The predicted molar refractivity (Wildman–Crippen MR) is 134 cm³/mol. The van der Waals surface area contributed by atoms with E-state index in [1.54, 1.807) is 0 Å². The SMILES string of the molecule is Cc1ccc(C(=O)NC2CC2)cc1-c1ccc2nc(NC3CCCC[C@@H]3N(C)C)ncc2c1. The van der Waals surface area contributed by atoms with Crippen LogP contribution in [0.2, 0.25) is 0 Å². The van der Waals surface area contributed by atoms with Crippen LogP contribution in [0, 0.1) is 6.92 Å². The molecule has 2 aliphatic rings. The van der Waals surface area contributed by atoms with Gasteiger partial charge in [-0.1, -0.05) is 25.0 Å². The average molecular weight is 444 g/mol. The van der Waals surface area contributed by atoms with Crippen LogP contribution in [-0.4, -0.2) is 53.0 Å². The van der Waals surface area contributed by atoms with Gasteiger partial charge in [0.25, 0.3) is 5.91 Å². The maximum absolute atomic E-state index is 12.5. The van der Waals surface area contributed by atoms with Gasteiger partial charge in [0.1, 0.15) is 0 Å². The van der Waals surface area contributed by atoms with Gasteiger partial charge in [0, 0.05) is 35.3 Å². The van der Waals surface area contributed by atoms with E-state index >= 15 is 0 Å². The molecule has 33 heavy (non-hydrogen) atoms. The number of amides is 1. The molecule has 6 nitrogen and oxygen atoms in total. The number of aromatic nitrogens is 2. The Morgan fingerprint density at radius 1 is 1.03 bits per heavy atom. The Morgan fingerprint density at radius 2 is 1.85 bits per heavy atom. The summed E-state index contributed by atoms with van der Waals surface area (Å²) in [4.78, 5) is 24.3. The Bertz CT molecular complexity index is 1170. The minimum atomic E-state index is 0.0114. The first kappa shape index (κ1) is 21.8. The van der Waals surface area contributed by atoms with Crippen molar-refractivity contribution >= 4 is 22.8 Å². The Balaban J connectivity index is 1.38. The first-order chi connectivity index (χ1) is 16.0. The summed E-state index contributed by atoms with van der Waals surface area (Å²) in [5.74, 6) is 0.709. The number of rotatable bonds is 6. The van der Waals surface area contributed by atoms with Gasteiger partial charge in [-0.2, -0.15) is 0 Å². The Kier molecular flexibility index (Phi) is 6.02. The van der Waals surface area contributed by atoms with Gasteiger partial charge in [-0.3, -0.25) is 4.79 Å². The summed E-state index contributed by atoms with van der Waals surface area (Å²) >= 11 is 0. The molecule has 2 N–H and O–H groups in total. The molecular weight excluding hydrogens is 410 g/mol. The fraction of sp³-hybridized carbons (Fsp3) is 0.444. The predicted octanol–water partition coefficient (Wildman–Crippen LogP) is 4.78. The van der Waals surface area contributed by atoms with Crippen molar-refractivity contribution in [3.63, 3.8) is 0 Å². The van der Waals surface area contributed by atoms with Crippen LogP contribution in [0.15, 0.2) is 42.6 Å². The zero-order chi connectivity index (χ0) is 22.9. The molecule has 0 bridgehead atoms. The number of carbonyl (C=O) groups is 1. The van der Waals surface area contributed by atoms with Crippen LogP contribution in [0.25, 0.3) is 22.0 Å². The van der Waals surface area contributed by atoms with Crippen molar-refractivity contribution < 1.29 is 4.79 Å². The lowest BCUT2D eigenvalue weighted by molar-refractivity contribution is 0.0951. The number of nitrogens with zero attached hydrogens (tertiary/aromatic N) is 3. The van der Waals surface area contributed by atoms with Crippen molar-refractivity contribution in [2.75, 3.05) is 19.4 Å². The molecule has 2 aliphatic carbocycles. The zero-order valence-electron chi connectivity index (χ0n) is 19.8. The molecule has 2 fully saturated rings. The Hall–Kier alpha value is -2.99. The van der Waals surface area contributed by atoms with Crippen LogP contribution in [-0.2, 0) is 0 Å². The summed E-state index contributed by atoms with van der Waals surface area (Å²) in [6.45, 7) is 2.08. The molecule has 5 rings (SSSR count). The molecule has 1 unspecified atom stereocenters. The van der Waals surface area contributed by atoms with Crippen LogP contribution in [0.4, 0.5) is 5.95 Å². The number of likely N-dealkylation sites (N-methyl/N-ethyl adjacent to an activating group) is 1. The van der Waals surface area contributed by atoms with Crippen molar-refractivity contribution in [1.29, 1.82) is 0 Å². The second-order valence-corrected chi connectivity index (χ2v) is 9.81. The van der Waals surface area contributed by atoms with E-state index in [9.17, 15) is 4.79 Å². The lowest BCUT2D eigenvalue weighted by atomic mass is 9.89. The first-order valence-electron chi connectivity index (χ1n) is 12.1. The van der Waals surface area contributed by atoms with E-state index in [1.165, 1.54) is 19.3 Å². The molecule has 1 amide bonds. The van der Waals surface area contributed by atoms with Gasteiger partial charge < -0.3 is 15.5 Å². The lowest BCUT2D eigenvalue weighted by Gasteiger charge is -2.36. The molecule has 0 radical (unpaired) electrons. The van der Waals surface area contributed by atoms with Gasteiger partial charge in [-0.25, -0.2) is 9.97 Å². The Morgan fingerprint density at radius 3 is 2.64 bits per heavy atom. The summed E-state index contributed by atoms with van der Waals surface area (Å²) < 4.78 is 0. The highest BCUT2D eigenvalue weighted by Gasteiger charge is 2.27. The van der Waals surface area contributed by atoms with Crippen LogP contribution >= 0.6 is 0 Å². The van der Waals surface area contributed by atoms with Gasteiger partial charge in [-0.15, -0.1) is 0 Å². The number of hydrogen-bond acceptors (Lipinski definition) is 5. The van der Waals surface area contributed by atoms with E-state index in [0.717, 1.165) is 46.9 Å². The monoisotopic (exact) mass is 443 g/mol. The topological polar surface area (TPSA) is 70.2 Å².